The van der Waals surface area contributed by atoms with E-state index in [1.807, 2.05) is 24.3 Å². The van der Waals surface area contributed by atoms with Crippen molar-refractivity contribution in [2.45, 2.75) is 20.3 Å². The molecule has 1 N–H and O–H groups in total. The third-order valence-electron chi connectivity index (χ3n) is 5.52. The zero-order valence-corrected chi connectivity index (χ0v) is 19.3. The minimum absolute atomic E-state index is 0.0343. The standard InChI is InChI=1S/C25H26N4O5/c1-4-34-25(32)22-21-13-14-28(18-7-5-17(6-8-18)26-15-16(2)30)24(31)23(21)29(27-22)19-9-11-20(33-3)12-10-19/h5-12,26H,4,13-15H2,1-3H3. The molecule has 2 aromatic carbocycles. The van der Waals surface area contributed by atoms with E-state index >= 15 is 0 Å². The molecule has 0 fully saturated rings. The number of methoxy groups -OCH3 is 1. The molecule has 2 heterocycles. The first-order valence-corrected chi connectivity index (χ1v) is 11.0. The van der Waals surface area contributed by atoms with Crippen LogP contribution in [0.4, 0.5) is 11.4 Å². The van der Waals surface area contributed by atoms with Crippen molar-refractivity contribution in [1.29, 1.82) is 0 Å². The van der Waals surface area contributed by atoms with Crippen molar-refractivity contribution >= 4 is 29.0 Å². The number of benzene rings is 2. The highest BCUT2D eigenvalue weighted by molar-refractivity contribution is 6.09. The Morgan fingerprint density at radius 2 is 1.74 bits per heavy atom. The Hall–Kier alpha value is -4.14. The van der Waals surface area contributed by atoms with Gasteiger partial charge >= 0.3 is 5.97 Å². The van der Waals surface area contributed by atoms with Crippen LogP contribution < -0.4 is 15.0 Å². The maximum absolute atomic E-state index is 13.7. The van der Waals surface area contributed by atoms with E-state index in [-0.39, 0.29) is 30.5 Å². The highest BCUT2D eigenvalue weighted by Gasteiger charge is 2.35. The number of anilines is 2. The van der Waals surface area contributed by atoms with Crippen LogP contribution in [-0.4, -0.2) is 54.2 Å². The van der Waals surface area contributed by atoms with Gasteiger partial charge < -0.3 is 19.7 Å². The molecular weight excluding hydrogens is 436 g/mol. The number of rotatable bonds is 8. The summed E-state index contributed by atoms with van der Waals surface area (Å²) in [5.41, 5.74) is 3.20. The zero-order chi connectivity index (χ0) is 24.2. The number of carbonyl (C=O) groups excluding carboxylic acids is 3. The average molecular weight is 463 g/mol. The lowest BCUT2D eigenvalue weighted by Crippen LogP contribution is -2.39. The Bertz CT molecular complexity index is 1220. The molecule has 1 aliphatic heterocycles. The van der Waals surface area contributed by atoms with Gasteiger partial charge in [-0.05, 0) is 68.8 Å². The number of nitrogens with one attached hydrogen (secondary N) is 1. The van der Waals surface area contributed by atoms with Crippen LogP contribution in [0.3, 0.4) is 0 Å². The van der Waals surface area contributed by atoms with E-state index in [4.69, 9.17) is 9.47 Å². The molecule has 3 aromatic rings. The summed E-state index contributed by atoms with van der Waals surface area (Å²) in [5, 5.41) is 7.52. The van der Waals surface area contributed by atoms with Crippen molar-refractivity contribution in [3.8, 4) is 11.4 Å². The molecule has 0 atom stereocenters. The van der Waals surface area contributed by atoms with E-state index < -0.39 is 5.97 Å². The largest absolute Gasteiger partial charge is 0.497 e. The Labute approximate surface area is 197 Å². The van der Waals surface area contributed by atoms with Gasteiger partial charge in [0.15, 0.2) is 5.69 Å². The Kier molecular flexibility index (Phi) is 6.62. The average Bonchev–Trinajstić information content (AvgIpc) is 3.24. The molecule has 0 saturated heterocycles. The highest BCUT2D eigenvalue weighted by atomic mass is 16.5. The van der Waals surface area contributed by atoms with Crippen LogP contribution >= 0.6 is 0 Å². The van der Waals surface area contributed by atoms with Gasteiger partial charge in [-0.2, -0.15) is 5.10 Å². The number of nitrogens with zero attached hydrogens (tertiary/aromatic N) is 3. The number of esters is 1. The number of ether oxygens (including phenoxy) is 2. The summed E-state index contributed by atoms with van der Waals surface area (Å²) in [4.78, 5) is 39.1. The summed E-state index contributed by atoms with van der Waals surface area (Å²) in [5.74, 6) is -0.105. The second kappa shape index (κ2) is 9.78. The molecule has 0 spiro atoms. The van der Waals surface area contributed by atoms with Crippen LogP contribution in [0.2, 0.25) is 0 Å². The molecule has 0 unspecified atom stereocenters. The van der Waals surface area contributed by atoms with Gasteiger partial charge in [0.05, 0.1) is 25.9 Å². The topological polar surface area (TPSA) is 103 Å². The van der Waals surface area contributed by atoms with Gasteiger partial charge in [-0.15, -0.1) is 0 Å². The molecule has 0 bridgehead atoms. The summed E-state index contributed by atoms with van der Waals surface area (Å²) in [6, 6.07) is 14.4. The fourth-order valence-electron chi connectivity index (χ4n) is 3.87. The van der Waals surface area contributed by atoms with Crippen molar-refractivity contribution in [1.82, 2.24) is 9.78 Å². The van der Waals surface area contributed by atoms with Crippen LogP contribution in [0.1, 0.15) is 40.4 Å². The third kappa shape index (κ3) is 4.50. The smallest absolute Gasteiger partial charge is 0.359 e. The highest BCUT2D eigenvalue weighted by Crippen LogP contribution is 2.30. The summed E-state index contributed by atoms with van der Waals surface area (Å²) >= 11 is 0. The molecular formula is C25H26N4O5. The molecule has 1 aromatic heterocycles. The van der Waals surface area contributed by atoms with Crippen LogP contribution in [0.25, 0.3) is 5.69 Å². The van der Waals surface area contributed by atoms with E-state index in [9.17, 15) is 14.4 Å². The minimum Gasteiger partial charge on any atom is -0.497 e. The van der Waals surface area contributed by atoms with Crippen LogP contribution in [0.15, 0.2) is 48.5 Å². The van der Waals surface area contributed by atoms with Crippen LogP contribution in [0, 0.1) is 0 Å². The number of fused-ring (bicyclic) bond motifs is 1. The van der Waals surface area contributed by atoms with E-state index in [0.29, 0.717) is 41.3 Å². The minimum atomic E-state index is -0.548. The van der Waals surface area contributed by atoms with Gasteiger partial charge in [0.1, 0.15) is 17.2 Å². The number of amides is 1. The molecule has 4 rings (SSSR count). The summed E-state index contributed by atoms with van der Waals surface area (Å²) in [7, 11) is 1.58. The number of hydrogen-bond acceptors (Lipinski definition) is 7. The van der Waals surface area contributed by atoms with Gasteiger partial charge in [-0.25, -0.2) is 9.48 Å². The monoisotopic (exact) mass is 462 g/mol. The lowest BCUT2D eigenvalue weighted by Gasteiger charge is -2.28. The maximum Gasteiger partial charge on any atom is 0.359 e. The molecule has 9 nitrogen and oxygen atoms in total. The summed E-state index contributed by atoms with van der Waals surface area (Å²) in [6.45, 7) is 4.09. The van der Waals surface area contributed by atoms with E-state index in [1.54, 1.807) is 43.2 Å². The molecule has 0 aliphatic carbocycles. The zero-order valence-electron chi connectivity index (χ0n) is 19.3. The van der Waals surface area contributed by atoms with Crippen molar-refractivity contribution in [2.75, 3.05) is 37.0 Å². The molecule has 0 saturated carbocycles. The van der Waals surface area contributed by atoms with Gasteiger partial charge in [0.25, 0.3) is 5.91 Å². The second-order valence-electron chi connectivity index (χ2n) is 7.82. The first kappa shape index (κ1) is 23.0. The van der Waals surface area contributed by atoms with Crippen molar-refractivity contribution in [3.63, 3.8) is 0 Å². The second-order valence-corrected chi connectivity index (χ2v) is 7.82. The molecule has 34 heavy (non-hydrogen) atoms. The number of aromatic nitrogens is 2. The molecule has 9 heteroatoms. The van der Waals surface area contributed by atoms with E-state index in [0.717, 1.165) is 5.69 Å². The van der Waals surface area contributed by atoms with Crippen LogP contribution in [0.5, 0.6) is 5.75 Å². The maximum atomic E-state index is 13.7. The normalized spacial score (nSPS) is 12.8. The SMILES string of the molecule is CCOC(=O)c1nn(-c2ccc(OC)cc2)c2c1CCN(c1ccc(NCC(C)=O)cc1)C2=O. The number of carbonyl (C=O) groups is 3. The summed E-state index contributed by atoms with van der Waals surface area (Å²) in [6.07, 6.45) is 0.454. The summed E-state index contributed by atoms with van der Waals surface area (Å²) < 4.78 is 11.9. The first-order chi connectivity index (χ1) is 16.4. The Balaban J connectivity index is 1.71. The molecule has 1 aliphatic rings. The van der Waals surface area contributed by atoms with Crippen molar-refractivity contribution in [2.24, 2.45) is 0 Å². The van der Waals surface area contributed by atoms with Crippen molar-refractivity contribution in [3.05, 3.63) is 65.5 Å². The number of ketones is 1. The fourth-order valence-corrected chi connectivity index (χ4v) is 3.87. The molecule has 176 valence electrons. The number of Topliss-reactive ketones (excluding diaryl/α,β-unsaturated/α-hetero) is 1. The Morgan fingerprint density at radius 1 is 1.06 bits per heavy atom. The quantitative estimate of drug-likeness (QED) is 0.513. The molecule has 0 radical (unpaired) electrons. The lowest BCUT2D eigenvalue weighted by molar-refractivity contribution is -0.115. The van der Waals surface area contributed by atoms with Crippen molar-refractivity contribution < 1.29 is 23.9 Å². The molecule has 1 amide bonds. The van der Waals surface area contributed by atoms with Gasteiger partial charge in [-0.1, -0.05) is 0 Å². The Morgan fingerprint density at radius 3 is 2.35 bits per heavy atom. The van der Waals surface area contributed by atoms with E-state index in [1.165, 1.54) is 11.6 Å². The number of hydrogen-bond donors (Lipinski definition) is 1. The first-order valence-electron chi connectivity index (χ1n) is 11.0. The van der Waals surface area contributed by atoms with Gasteiger partial charge in [-0.3, -0.25) is 9.59 Å². The van der Waals surface area contributed by atoms with Gasteiger partial charge in [0, 0.05) is 23.5 Å². The lowest BCUT2D eigenvalue weighted by atomic mass is 10.0. The third-order valence-corrected chi connectivity index (χ3v) is 5.52. The van der Waals surface area contributed by atoms with Crippen LogP contribution in [-0.2, 0) is 16.0 Å². The predicted octanol–water partition coefficient (Wildman–Crippen LogP) is 3.26. The predicted molar refractivity (Wildman–Crippen MR) is 127 cm³/mol. The van der Waals surface area contributed by atoms with Gasteiger partial charge in [0.2, 0.25) is 0 Å². The van der Waals surface area contributed by atoms with E-state index in [2.05, 4.69) is 10.4 Å². The fraction of sp³-hybridized carbons (Fsp3) is 0.280.